The van der Waals surface area contributed by atoms with Crippen LogP contribution in [0.2, 0.25) is 0 Å². The Bertz CT molecular complexity index is 1070. The summed E-state index contributed by atoms with van der Waals surface area (Å²) in [4.78, 5) is 4.95. The lowest BCUT2D eigenvalue weighted by Crippen LogP contribution is -2.38. The molecule has 186 valence electrons. The molecule has 3 aromatic rings. The fourth-order valence-corrected chi connectivity index (χ4v) is 6.44. The van der Waals surface area contributed by atoms with E-state index in [1.807, 2.05) is 12.1 Å². The average molecular weight is 503 g/mol. The number of hydrogen-bond donors (Lipinski definition) is 0. The van der Waals surface area contributed by atoms with Gasteiger partial charge in [-0.15, -0.1) is 0 Å². The quantitative estimate of drug-likeness (QED) is 0.335. The Kier molecular flexibility index (Phi) is 7.28. The van der Waals surface area contributed by atoms with E-state index in [1.165, 1.54) is 23.3 Å². The first-order chi connectivity index (χ1) is 16.8. The van der Waals surface area contributed by atoms with Gasteiger partial charge in [-0.25, -0.2) is 4.39 Å². The molecule has 3 heterocycles. The van der Waals surface area contributed by atoms with Crippen LogP contribution in [0.3, 0.4) is 0 Å². The summed E-state index contributed by atoms with van der Waals surface area (Å²) in [7, 11) is 0. The zero-order chi connectivity index (χ0) is 24.4. The summed E-state index contributed by atoms with van der Waals surface area (Å²) in [5.74, 6) is 1.22. The Balaban J connectivity index is 1.21. The zero-order valence-electron chi connectivity index (χ0n) is 19.6. The van der Waals surface area contributed by atoms with Crippen LogP contribution < -0.4 is 0 Å². The van der Waals surface area contributed by atoms with Gasteiger partial charge in [0.05, 0.1) is 5.56 Å². The molecule has 2 aliphatic rings. The number of benzene rings is 2. The maximum Gasteiger partial charge on any atom is 0.416 e. The molecule has 0 N–H and O–H groups in total. The number of thiophene rings is 1. The Morgan fingerprint density at radius 3 is 2.17 bits per heavy atom. The van der Waals surface area contributed by atoms with Crippen LogP contribution in [-0.4, -0.2) is 42.5 Å². The molecular formula is C28H30F4N2S. The predicted molar refractivity (Wildman–Crippen MR) is 132 cm³/mol. The first-order valence-electron chi connectivity index (χ1n) is 12.2. The highest BCUT2D eigenvalue weighted by atomic mass is 32.1. The first kappa shape index (κ1) is 24.5. The molecule has 0 aliphatic carbocycles. The SMILES string of the molecule is Fc1ccc(C2CCN(CC3CN(Cc4ccc(C(F)(F)F)cc4)CC3c3ccsc3)CC2)cc1. The summed E-state index contributed by atoms with van der Waals surface area (Å²) in [6, 6.07) is 14.7. The van der Waals surface area contributed by atoms with E-state index in [2.05, 4.69) is 26.6 Å². The molecule has 2 saturated heterocycles. The van der Waals surface area contributed by atoms with Crippen LogP contribution >= 0.6 is 11.3 Å². The fourth-order valence-electron chi connectivity index (χ4n) is 5.71. The number of piperidine rings is 1. The minimum Gasteiger partial charge on any atom is -0.303 e. The van der Waals surface area contributed by atoms with Gasteiger partial charge in [0, 0.05) is 32.1 Å². The minimum atomic E-state index is -4.30. The highest BCUT2D eigenvalue weighted by Crippen LogP contribution is 2.37. The van der Waals surface area contributed by atoms with Gasteiger partial charge in [-0.3, -0.25) is 4.90 Å². The van der Waals surface area contributed by atoms with Gasteiger partial charge in [0.15, 0.2) is 0 Å². The second-order valence-corrected chi connectivity index (χ2v) is 10.7. The Morgan fingerprint density at radius 2 is 1.54 bits per heavy atom. The number of rotatable bonds is 6. The van der Waals surface area contributed by atoms with E-state index in [1.54, 1.807) is 35.6 Å². The molecule has 0 bridgehead atoms. The molecule has 0 saturated carbocycles. The number of alkyl halides is 3. The van der Waals surface area contributed by atoms with Gasteiger partial charge < -0.3 is 4.90 Å². The normalized spacial score (nSPS) is 22.6. The number of nitrogens with zero attached hydrogens (tertiary/aromatic N) is 2. The lowest BCUT2D eigenvalue weighted by atomic mass is 9.87. The largest absolute Gasteiger partial charge is 0.416 e. The predicted octanol–water partition coefficient (Wildman–Crippen LogP) is 7.00. The monoisotopic (exact) mass is 502 g/mol. The van der Waals surface area contributed by atoms with Crippen molar-refractivity contribution in [3.05, 3.63) is 93.4 Å². The van der Waals surface area contributed by atoms with Crippen molar-refractivity contribution in [3.63, 3.8) is 0 Å². The third kappa shape index (κ3) is 5.96. The van der Waals surface area contributed by atoms with E-state index in [-0.39, 0.29) is 5.82 Å². The van der Waals surface area contributed by atoms with Crippen molar-refractivity contribution in [2.24, 2.45) is 5.92 Å². The molecule has 7 heteroatoms. The molecule has 1 aromatic heterocycles. The summed E-state index contributed by atoms with van der Waals surface area (Å²) >= 11 is 1.72. The van der Waals surface area contributed by atoms with Crippen LogP contribution in [0.15, 0.2) is 65.4 Å². The van der Waals surface area contributed by atoms with Crippen molar-refractivity contribution in [2.75, 3.05) is 32.7 Å². The van der Waals surface area contributed by atoms with E-state index in [4.69, 9.17) is 0 Å². The Morgan fingerprint density at radius 1 is 0.829 bits per heavy atom. The minimum absolute atomic E-state index is 0.187. The van der Waals surface area contributed by atoms with Crippen LogP contribution in [0.4, 0.5) is 17.6 Å². The van der Waals surface area contributed by atoms with Gasteiger partial charge >= 0.3 is 6.18 Å². The van der Waals surface area contributed by atoms with E-state index >= 15 is 0 Å². The van der Waals surface area contributed by atoms with E-state index < -0.39 is 11.7 Å². The number of halogens is 4. The van der Waals surface area contributed by atoms with Gasteiger partial charge in [0.2, 0.25) is 0 Å². The van der Waals surface area contributed by atoms with Crippen molar-refractivity contribution >= 4 is 11.3 Å². The third-order valence-electron chi connectivity index (χ3n) is 7.60. The zero-order valence-corrected chi connectivity index (χ0v) is 20.4. The van der Waals surface area contributed by atoms with Crippen molar-refractivity contribution < 1.29 is 17.6 Å². The molecule has 5 rings (SSSR count). The van der Waals surface area contributed by atoms with Gasteiger partial charge in [-0.1, -0.05) is 24.3 Å². The van der Waals surface area contributed by atoms with Gasteiger partial charge in [0.1, 0.15) is 5.82 Å². The topological polar surface area (TPSA) is 6.48 Å². The molecule has 0 radical (unpaired) electrons. The second kappa shape index (κ2) is 10.4. The first-order valence-corrected chi connectivity index (χ1v) is 13.2. The molecule has 2 unspecified atom stereocenters. The van der Waals surface area contributed by atoms with E-state index in [9.17, 15) is 17.6 Å². The maximum atomic E-state index is 13.3. The highest BCUT2D eigenvalue weighted by molar-refractivity contribution is 7.08. The number of hydrogen-bond acceptors (Lipinski definition) is 3. The molecular weight excluding hydrogens is 472 g/mol. The van der Waals surface area contributed by atoms with Crippen LogP contribution in [0.5, 0.6) is 0 Å². The van der Waals surface area contributed by atoms with E-state index in [0.29, 0.717) is 24.3 Å². The molecule has 35 heavy (non-hydrogen) atoms. The van der Waals surface area contributed by atoms with Gasteiger partial charge in [-0.2, -0.15) is 24.5 Å². The average Bonchev–Trinajstić information content (AvgIpc) is 3.50. The smallest absolute Gasteiger partial charge is 0.303 e. The van der Waals surface area contributed by atoms with Crippen LogP contribution in [0.1, 0.15) is 46.9 Å². The highest BCUT2D eigenvalue weighted by Gasteiger charge is 2.36. The summed E-state index contributed by atoms with van der Waals surface area (Å²) in [5, 5.41) is 4.36. The van der Waals surface area contributed by atoms with Crippen LogP contribution in [-0.2, 0) is 12.7 Å². The van der Waals surface area contributed by atoms with Crippen molar-refractivity contribution in [2.45, 2.75) is 37.4 Å². The Labute approximate surface area is 208 Å². The lowest BCUT2D eigenvalue weighted by Gasteiger charge is -2.34. The standard InChI is InChI=1S/C28H30F4N2S/c29-26-7-3-21(4-8-26)22-9-12-33(13-10-22)16-24-17-34(18-27(24)23-11-14-35-19-23)15-20-1-5-25(6-2-20)28(30,31)32/h1-8,11,14,19,22,24,27H,9-10,12-13,15-18H2. The molecule has 2 atom stereocenters. The summed E-state index contributed by atoms with van der Waals surface area (Å²) < 4.78 is 52.0. The molecule has 0 amide bonds. The van der Waals surface area contributed by atoms with Crippen molar-refractivity contribution in [1.29, 1.82) is 0 Å². The molecule has 2 nitrogen and oxygen atoms in total. The van der Waals surface area contributed by atoms with Crippen LogP contribution in [0, 0.1) is 11.7 Å². The van der Waals surface area contributed by atoms with E-state index in [0.717, 1.165) is 51.1 Å². The van der Waals surface area contributed by atoms with Crippen molar-refractivity contribution in [1.82, 2.24) is 9.80 Å². The van der Waals surface area contributed by atoms with Gasteiger partial charge in [0.25, 0.3) is 0 Å². The summed E-state index contributed by atoms with van der Waals surface area (Å²) in [6.07, 6.45) is -2.14. The molecule has 2 fully saturated rings. The van der Waals surface area contributed by atoms with Gasteiger partial charge in [-0.05, 0) is 95.5 Å². The summed E-state index contributed by atoms with van der Waals surface area (Å²) in [5.41, 5.74) is 2.92. The molecule has 0 spiro atoms. The molecule has 2 aliphatic heterocycles. The van der Waals surface area contributed by atoms with Crippen molar-refractivity contribution in [3.8, 4) is 0 Å². The Hall–Kier alpha value is -2.22. The second-order valence-electron chi connectivity index (χ2n) is 9.94. The third-order valence-corrected chi connectivity index (χ3v) is 8.30. The van der Waals surface area contributed by atoms with Crippen LogP contribution in [0.25, 0.3) is 0 Å². The molecule has 2 aromatic carbocycles. The maximum absolute atomic E-state index is 13.3. The number of likely N-dealkylation sites (tertiary alicyclic amines) is 2. The summed E-state index contributed by atoms with van der Waals surface area (Å²) in [6.45, 7) is 5.64. The fraction of sp³-hybridized carbons (Fsp3) is 0.429. The lowest BCUT2D eigenvalue weighted by molar-refractivity contribution is -0.137.